The molecule has 14 heavy (non-hydrogen) atoms. The third-order valence-corrected chi connectivity index (χ3v) is 3.06. The molecule has 0 amide bonds. The summed E-state index contributed by atoms with van der Waals surface area (Å²) in [5.41, 5.74) is 0. The molecule has 1 rings (SSSR count). The minimum atomic E-state index is -0.375. The van der Waals surface area contributed by atoms with Crippen molar-refractivity contribution in [2.24, 2.45) is 0 Å². The second-order valence-electron chi connectivity index (χ2n) is 2.98. The number of aromatic nitrogens is 2. The molecule has 0 spiro atoms. The van der Waals surface area contributed by atoms with Gasteiger partial charge < -0.3 is 4.74 Å². The molecule has 78 valence electrons. The number of hydrogen-bond acceptors (Lipinski definition) is 5. The molecular formula is C9H14N2O2S. The van der Waals surface area contributed by atoms with Gasteiger partial charge in [-0.05, 0) is 13.3 Å². The van der Waals surface area contributed by atoms with Crippen molar-refractivity contribution in [1.82, 2.24) is 10.2 Å². The molecule has 1 aromatic rings. The van der Waals surface area contributed by atoms with Crippen LogP contribution in [0.15, 0.2) is 0 Å². The van der Waals surface area contributed by atoms with E-state index in [-0.39, 0.29) is 5.97 Å². The molecule has 4 nitrogen and oxygen atoms in total. The Morgan fingerprint density at radius 2 is 2.21 bits per heavy atom. The molecule has 0 aliphatic heterocycles. The first-order chi connectivity index (χ1) is 6.69. The van der Waals surface area contributed by atoms with Gasteiger partial charge in [0, 0.05) is 5.92 Å². The van der Waals surface area contributed by atoms with Gasteiger partial charge in [-0.2, -0.15) is 0 Å². The lowest BCUT2D eigenvalue weighted by atomic mass is 10.1. The molecule has 0 bridgehead atoms. The Labute approximate surface area is 87.3 Å². The van der Waals surface area contributed by atoms with Gasteiger partial charge in [-0.1, -0.05) is 25.2 Å². The topological polar surface area (TPSA) is 52.1 Å². The van der Waals surface area contributed by atoms with Crippen LogP contribution >= 0.6 is 11.3 Å². The van der Waals surface area contributed by atoms with Crippen molar-refractivity contribution >= 4 is 17.3 Å². The summed E-state index contributed by atoms with van der Waals surface area (Å²) >= 11 is 1.32. The van der Waals surface area contributed by atoms with Crippen LogP contribution in [0.1, 0.15) is 47.9 Å². The SMILES string of the molecule is CCOC(=O)c1nnc([C@@H](C)CC)s1. The Morgan fingerprint density at radius 1 is 1.50 bits per heavy atom. The van der Waals surface area contributed by atoms with Crippen molar-refractivity contribution in [3.05, 3.63) is 10.0 Å². The van der Waals surface area contributed by atoms with Gasteiger partial charge in [-0.15, -0.1) is 10.2 Å². The molecule has 0 aliphatic carbocycles. The number of rotatable bonds is 4. The minimum Gasteiger partial charge on any atom is -0.461 e. The zero-order valence-corrected chi connectivity index (χ0v) is 9.43. The second-order valence-corrected chi connectivity index (χ2v) is 3.98. The van der Waals surface area contributed by atoms with Gasteiger partial charge in [-0.25, -0.2) is 4.79 Å². The quantitative estimate of drug-likeness (QED) is 0.721. The van der Waals surface area contributed by atoms with Crippen molar-refractivity contribution in [2.45, 2.75) is 33.1 Å². The van der Waals surface area contributed by atoms with E-state index in [2.05, 4.69) is 24.0 Å². The zero-order valence-electron chi connectivity index (χ0n) is 8.61. The first-order valence-electron chi connectivity index (χ1n) is 4.69. The Kier molecular flexibility index (Phi) is 4.00. The first-order valence-corrected chi connectivity index (χ1v) is 5.51. The number of hydrogen-bond donors (Lipinski definition) is 0. The van der Waals surface area contributed by atoms with E-state index in [0.29, 0.717) is 17.5 Å². The smallest absolute Gasteiger partial charge is 0.369 e. The van der Waals surface area contributed by atoms with Crippen LogP contribution in [0, 0.1) is 0 Å². The highest BCUT2D eigenvalue weighted by molar-refractivity contribution is 7.13. The molecule has 0 unspecified atom stereocenters. The highest BCUT2D eigenvalue weighted by Crippen LogP contribution is 2.22. The van der Waals surface area contributed by atoms with Gasteiger partial charge in [0.1, 0.15) is 5.01 Å². The van der Waals surface area contributed by atoms with E-state index in [1.54, 1.807) is 6.92 Å². The molecule has 0 aromatic carbocycles. The summed E-state index contributed by atoms with van der Waals surface area (Å²) in [6, 6.07) is 0. The number of nitrogens with zero attached hydrogens (tertiary/aromatic N) is 2. The van der Waals surface area contributed by atoms with Crippen molar-refractivity contribution in [3.63, 3.8) is 0 Å². The summed E-state index contributed by atoms with van der Waals surface area (Å²) in [6.07, 6.45) is 0.997. The molecule has 1 heterocycles. The van der Waals surface area contributed by atoms with E-state index >= 15 is 0 Å². The van der Waals surface area contributed by atoms with Crippen LogP contribution in [0.4, 0.5) is 0 Å². The van der Waals surface area contributed by atoms with E-state index < -0.39 is 0 Å². The molecule has 0 aliphatic rings. The molecule has 0 N–H and O–H groups in total. The van der Waals surface area contributed by atoms with E-state index in [4.69, 9.17) is 4.74 Å². The van der Waals surface area contributed by atoms with Gasteiger partial charge in [0.25, 0.3) is 0 Å². The fourth-order valence-corrected chi connectivity index (χ4v) is 1.76. The van der Waals surface area contributed by atoms with Gasteiger partial charge >= 0.3 is 5.97 Å². The zero-order chi connectivity index (χ0) is 10.6. The maximum atomic E-state index is 11.3. The van der Waals surface area contributed by atoms with Crippen molar-refractivity contribution in [1.29, 1.82) is 0 Å². The van der Waals surface area contributed by atoms with E-state index in [1.165, 1.54) is 11.3 Å². The Balaban J connectivity index is 2.72. The average molecular weight is 214 g/mol. The van der Waals surface area contributed by atoms with Crippen LogP contribution in [0.5, 0.6) is 0 Å². The van der Waals surface area contributed by atoms with E-state index in [9.17, 15) is 4.79 Å². The van der Waals surface area contributed by atoms with Crippen molar-refractivity contribution < 1.29 is 9.53 Å². The van der Waals surface area contributed by atoms with E-state index in [0.717, 1.165) is 11.4 Å². The second kappa shape index (κ2) is 5.05. The lowest BCUT2D eigenvalue weighted by Gasteiger charge is -2.00. The Hall–Kier alpha value is -0.970. The highest BCUT2D eigenvalue weighted by Gasteiger charge is 2.16. The normalized spacial score (nSPS) is 12.5. The summed E-state index contributed by atoms with van der Waals surface area (Å²) < 4.78 is 4.82. The Bertz CT molecular complexity index is 312. The number of carbonyl (C=O) groups is 1. The van der Waals surface area contributed by atoms with Crippen LogP contribution in [-0.2, 0) is 4.74 Å². The van der Waals surface area contributed by atoms with Crippen LogP contribution in [0.3, 0.4) is 0 Å². The predicted molar refractivity (Wildman–Crippen MR) is 54.6 cm³/mol. The van der Waals surface area contributed by atoms with Gasteiger partial charge in [0.05, 0.1) is 6.61 Å². The molecule has 5 heteroatoms. The number of esters is 1. The number of carbonyl (C=O) groups excluding carboxylic acids is 1. The standard InChI is InChI=1S/C9H14N2O2S/c1-4-6(3)7-10-11-8(14-7)9(12)13-5-2/h6H,4-5H2,1-3H3/t6-/m0/s1. The van der Waals surface area contributed by atoms with Crippen LogP contribution in [0.25, 0.3) is 0 Å². The minimum absolute atomic E-state index is 0.349. The molecule has 0 saturated heterocycles. The maximum absolute atomic E-state index is 11.3. The van der Waals surface area contributed by atoms with Crippen LogP contribution < -0.4 is 0 Å². The summed E-state index contributed by atoms with van der Waals surface area (Å²) in [6.45, 7) is 6.29. The molecule has 0 fully saturated rings. The van der Waals surface area contributed by atoms with Gasteiger partial charge in [0.2, 0.25) is 5.01 Å². The lowest BCUT2D eigenvalue weighted by Crippen LogP contribution is -2.03. The predicted octanol–water partition coefficient (Wildman–Crippen LogP) is 2.23. The molecule has 0 radical (unpaired) electrons. The summed E-state index contributed by atoms with van der Waals surface area (Å²) in [5.74, 6) is -0.0183. The Morgan fingerprint density at radius 3 is 2.79 bits per heavy atom. The molecule has 1 aromatic heterocycles. The summed E-state index contributed by atoms with van der Waals surface area (Å²) in [5, 5.41) is 9.00. The van der Waals surface area contributed by atoms with Crippen LogP contribution in [-0.4, -0.2) is 22.8 Å². The molecule has 0 saturated carbocycles. The third-order valence-electron chi connectivity index (χ3n) is 1.92. The lowest BCUT2D eigenvalue weighted by molar-refractivity contribution is 0.0525. The molecule has 1 atom stereocenters. The van der Waals surface area contributed by atoms with Crippen molar-refractivity contribution in [2.75, 3.05) is 6.61 Å². The fourth-order valence-electron chi connectivity index (χ4n) is 0.884. The van der Waals surface area contributed by atoms with Crippen LogP contribution in [0.2, 0.25) is 0 Å². The monoisotopic (exact) mass is 214 g/mol. The fraction of sp³-hybridized carbons (Fsp3) is 0.667. The third kappa shape index (κ3) is 2.51. The first kappa shape index (κ1) is 11.1. The maximum Gasteiger partial charge on any atom is 0.369 e. The molecular weight excluding hydrogens is 200 g/mol. The van der Waals surface area contributed by atoms with Gasteiger partial charge in [-0.3, -0.25) is 0 Å². The van der Waals surface area contributed by atoms with Crippen molar-refractivity contribution in [3.8, 4) is 0 Å². The average Bonchev–Trinajstić information content (AvgIpc) is 2.66. The van der Waals surface area contributed by atoms with Gasteiger partial charge in [0.15, 0.2) is 0 Å². The van der Waals surface area contributed by atoms with E-state index in [1.807, 2.05) is 0 Å². The summed E-state index contributed by atoms with van der Waals surface area (Å²) in [4.78, 5) is 11.3. The summed E-state index contributed by atoms with van der Waals surface area (Å²) in [7, 11) is 0. The number of ether oxygens (including phenoxy) is 1. The highest BCUT2D eigenvalue weighted by atomic mass is 32.1. The largest absolute Gasteiger partial charge is 0.461 e.